The van der Waals surface area contributed by atoms with Gasteiger partial charge in [0.25, 0.3) is 0 Å². The van der Waals surface area contributed by atoms with Gasteiger partial charge in [0.1, 0.15) is 0 Å². The van der Waals surface area contributed by atoms with Crippen LogP contribution in [0.3, 0.4) is 0 Å². The van der Waals surface area contributed by atoms with Gasteiger partial charge in [0, 0.05) is 0 Å². The second-order valence-electron chi connectivity index (χ2n) is 4.58. The molecule has 1 atom stereocenters. The Bertz CT molecular complexity index is 481. The molecule has 1 aromatic heterocycles. The molecule has 0 saturated heterocycles. The summed E-state index contributed by atoms with van der Waals surface area (Å²) in [7, 11) is 3.92. The Labute approximate surface area is 107 Å². The third-order valence-electron chi connectivity index (χ3n) is 2.56. The first-order valence-electron chi connectivity index (χ1n) is 5.92. The van der Waals surface area contributed by atoms with Crippen molar-refractivity contribution in [3.63, 3.8) is 0 Å². The zero-order valence-corrected chi connectivity index (χ0v) is 10.7. The molecule has 2 aromatic rings. The van der Waals surface area contributed by atoms with E-state index in [9.17, 15) is 0 Å². The third-order valence-corrected chi connectivity index (χ3v) is 2.56. The van der Waals surface area contributed by atoms with Crippen LogP contribution in [0.25, 0.3) is 0 Å². The van der Waals surface area contributed by atoms with Gasteiger partial charge in [-0.05, 0) is 26.1 Å². The molecule has 96 valence electrons. The van der Waals surface area contributed by atoms with Crippen molar-refractivity contribution in [3.8, 4) is 0 Å². The summed E-state index contributed by atoms with van der Waals surface area (Å²) in [5.41, 5.74) is 7.23. The first-order chi connectivity index (χ1) is 8.65. The zero-order valence-electron chi connectivity index (χ0n) is 10.7. The van der Waals surface area contributed by atoms with E-state index < -0.39 is 0 Å². The standard InChI is InChI=1S/C13H18N4O/c1-17(2)9-12-15-13(18-16-12)11(14)8-10-6-4-3-5-7-10/h3-7,11H,8-9,14H2,1-2H3. The van der Waals surface area contributed by atoms with Gasteiger partial charge in [-0.3, -0.25) is 0 Å². The minimum atomic E-state index is -0.254. The van der Waals surface area contributed by atoms with Crippen LogP contribution in [0.2, 0.25) is 0 Å². The van der Waals surface area contributed by atoms with Crippen LogP contribution in [0.15, 0.2) is 34.9 Å². The van der Waals surface area contributed by atoms with Crippen molar-refractivity contribution in [2.75, 3.05) is 14.1 Å². The topological polar surface area (TPSA) is 68.2 Å². The lowest BCUT2D eigenvalue weighted by molar-refractivity contribution is 0.336. The van der Waals surface area contributed by atoms with Crippen LogP contribution in [-0.2, 0) is 13.0 Å². The molecular formula is C13H18N4O. The van der Waals surface area contributed by atoms with E-state index in [0.717, 1.165) is 5.56 Å². The minimum Gasteiger partial charge on any atom is -0.338 e. The van der Waals surface area contributed by atoms with E-state index in [1.165, 1.54) is 0 Å². The van der Waals surface area contributed by atoms with Gasteiger partial charge in [-0.2, -0.15) is 4.98 Å². The van der Waals surface area contributed by atoms with E-state index in [-0.39, 0.29) is 6.04 Å². The lowest BCUT2D eigenvalue weighted by Gasteiger charge is -2.06. The van der Waals surface area contributed by atoms with Crippen LogP contribution in [0.1, 0.15) is 23.3 Å². The molecule has 0 bridgehead atoms. The van der Waals surface area contributed by atoms with Crippen LogP contribution < -0.4 is 5.73 Å². The molecule has 0 aliphatic rings. The monoisotopic (exact) mass is 246 g/mol. The van der Waals surface area contributed by atoms with Crippen molar-refractivity contribution >= 4 is 0 Å². The smallest absolute Gasteiger partial charge is 0.243 e. The average Bonchev–Trinajstić information content (AvgIpc) is 2.78. The molecule has 0 spiro atoms. The fraction of sp³-hybridized carbons (Fsp3) is 0.385. The van der Waals surface area contributed by atoms with Gasteiger partial charge in [0.2, 0.25) is 5.89 Å². The average molecular weight is 246 g/mol. The summed E-state index contributed by atoms with van der Waals surface area (Å²) < 4.78 is 5.19. The maximum atomic E-state index is 6.06. The first-order valence-corrected chi connectivity index (χ1v) is 5.92. The maximum absolute atomic E-state index is 6.06. The molecule has 5 heteroatoms. The van der Waals surface area contributed by atoms with Crippen LogP contribution >= 0.6 is 0 Å². The second kappa shape index (κ2) is 5.75. The van der Waals surface area contributed by atoms with Gasteiger partial charge in [-0.1, -0.05) is 35.5 Å². The van der Waals surface area contributed by atoms with Crippen molar-refractivity contribution in [1.82, 2.24) is 15.0 Å². The van der Waals surface area contributed by atoms with Crippen molar-refractivity contribution in [2.45, 2.75) is 19.0 Å². The van der Waals surface area contributed by atoms with Crippen LogP contribution in [0, 0.1) is 0 Å². The van der Waals surface area contributed by atoms with Crippen molar-refractivity contribution < 1.29 is 4.52 Å². The zero-order chi connectivity index (χ0) is 13.0. The Morgan fingerprint density at radius 1 is 1.28 bits per heavy atom. The Hall–Kier alpha value is -1.72. The maximum Gasteiger partial charge on any atom is 0.243 e. The summed E-state index contributed by atoms with van der Waals surface area (Å²) in [6.07, 6.45) is 0.699. The number of benzene rings is 1. The predicted molar refractivity (Wildman–Crippen MR) is 68.8 cm³/mol. The van der Waals surface area contributed by atoms with E-state index in [1.807, 2.05) is 49.3 Å². The summed E-state index contributed by atoms with van der Waals surface area (Å²) in [4.78, 5) is 6.29. The summed E-state index contributed by atoms with van der Waals surface area (Å²) >= 11 is 0. The number of rotatable bonds is 5. The van der Waals surface area contributed by atoms with Crippen molar-refractivity contribution in [3.05, 3.63) is 47.6 Å². The van der Waals surface area contributed by atoms with E-state index in [1.54, 1.807) is 0 Å². The molecule has 18 heavy (non-hydrogen) atoms. The molecular weight excluding hydrogens is 228 g/mol. The number of nitrogens with zero attached hydrogens (tertiary/aromatic N) is 3. The molecule has 0 fully saturated rings. The largest absolute Gasteiger partial charge is 0.338 e. The van der Waals surface area contributed by atoms with Crippen LogP contribution in [0.5, 0.6) is 0 Å². The quantitative estimate of drug-likeness (QED) is 0.863. The highest BCUT2D eigenvalue weighted by molar-refractivity contribution is 5.16. The lowest BCUT2D eigenvalue weighted by Crippen LogP contribution is -2.15. The molecule has 0 aliphatic heterocycles. The Kier molecular flexibility index (Phi) is 4.07. The highest BCUT2D eigenvalue weighted by Crippen LogP contribution is 2.14. The molecule has 2 N–H and O–H groups in total. The molecule has 0 amide bonds. The number of hydrogen-bond donors (Lipinski definition) is 1. The third kappa shape index (κ3) is 3.38. The molecule has 1 unspecified atom stereocenters. The Morgan fingerprint density at radius 2 is 2.00 bits per heavy atom. The summed E-state index contributed by atoms with van der Waals surface area (Å²) in [5.74, 6) is 1.16. The van der Waals surface area contributed by atoms with Crippen molar-refractivity contribution in [1.29, 1.82) is 0 Å². The summed E-state index contributed by atoms with van der Waals surface area (Å²) in [6, 6.07) is 9.79. The molecule has 0 saturated carbocycles. The van der Waals surface area contributed by atoms with Gasteiger partial charge in [-0.15, -0.1) is 0 Å². The predicted octanol–water partition coefficient (Wildman–Crippen LogP) is 1.37. The number of hydrogen-bond acceptors (Lipinski definition) is 5. The molecule has 0 aliphatic carbocycles. The van der Waals surface area contributed by atoms with E-state index >= 15 is 0 Å². The summed E-state index contributed by atoms with van der Waals surface area (Å²) in [6.45, 7) is 0.654. The van der Waals surface area contributed by atoms with E-state index in [2.05, 4.69) is 10.1 Å². The molecule has 1 aromatic carbocycles. The molecule has 2 rings (SSSR count). The highest BCUT2D eigenvalue weighted by Gasteiger charge is 2.15. The summed E-state index contributed by atoms with van der Waals surface area (Å²) in [5, 5.41) is 3.91. The molecule has 1 heterocycles. The Balaban J connectivity index is 2.00. The number of aromatic nitrogens is 2. The van der Waals surface area contributed by atoms with Gasteiger partial charge in [0.05, 0.1) is 12.6 Å². The van der Waals surface area contributed by atoms with E-state index in [4.69, 9.17) is 10.3 Å². The van der Waals surface area contributed by atoms with Gasteiger partial charge < -0.3 is 15.2 Å². The first kappa shape index (κ1) is 12.7. The van der Waals surface area contributed by atoms with E-state index in [0.29, 0.717) is 24.7 Å². The molecule has 5 nitrogen and oxygen atoms in total. The fourth-order valence-electron chi connectivity index (χ4n) is 1.72. The SMILES string of the molecule is CN(C)Cc1noc(C(N)Cc2ccccc2)n1. The van der Waals surface area contributed by atoms with Gasteiger partial charge in [0.15, 0.2) is 5.82 Å². The van der Waals surface area contributed by atoms with Gasteiger partial charge >= 0.3 is 0 Å². The van der Waals surface area contributed by atoms with Gasteiger partial charge in [-0.25, -0.2) is 0 Å². The van der Waals surface area contributed by atoms with Crippen molar-refractivity contribution in [2.24, 2.45) is 5.73 Å². The second-order valence-corrected chi connectivity index (χ2v) is 4.58. The molecule has 0 radical (unpaired) electrons. The fourth-order valence-corrected chi connectivity index (χ4v) is 1.72. The lowest BCUT2D eigenvalue weighted by atomic mass is 10.1. The van der Waals surface area contributed by atoms with Crippen LogP contribution in [0.4, 0.5) is 0 Å². The number of nitrogens with two attached hydrogens (primary N) is 1. The normalized spacial score (nSPS) is 12.9. The van der Waals surface area contributed by atoms with Crippen LogP contribution in [-0.4, -0.2) is 29.1 Å². The Morgan fingerprint density at radius 3 is 2.67 bits per heavy atom. The minimum absolute atomic E-state index is 0.254. The highest BCUT2D eigenvalue weighted by atomic mass is 16.5.